The van der Waals surface area contributed by atoms with Gasteiger partial charge in [-0.1, -0.05) is 31.5 Å². The van der Waals surface area contributed by atoms with Gasteiger partial charge in [-0.2, -0.15) is 31.3 Å². The molecule has 0 bridgehead atoms. The predicted molar refractivity (Wildman–Crippen MR) is 122 cm³/mol. The van der Waals surface area contributed by atoms with Crippen LogP contribution < -0.4 is 21.7 Å². The van der Waals surface area contributed by atoms with Gasteiger partial charge in [0.2, 0.25) is 5.96 Å². The number of benzene rings is 2. The van der Waals surface area contributed by atoms with Crippen LogP contribution in [0.25, 0.3) is 0 Å². The third-order valence-electron chi connectivity index (χ3n) is 4.94. The summed E-state index contributed by atoms with van der Waals surface area (Å²) >= 11 is 5.81. The molecule has 2 aromatic carbocycles. The Balaban J connectivity index is 2.43. The second kappa shape index (κ2) is 11.7. The summed E-state index contributed by atoms with van der Waals surface area (Å²) in [6.07, 6.45) is -10.5. The van der Waals surface area contributed by atoms with Gasteiger partial charge in [0.25, 0.3) is 5.91 Å². The highest BCUT2D eigenvalue weighted by Gasteiger charge is 2.43. The van der Waals surface area contributed by atoms with Crippen molar-refractivity contribution in [2.24, 2.45) is 16.6 Å². The Morgan fingerprint density at radius 3 is 2.26 bits per heavy atom. The number of anilines is 1. The Morgan fingerprint density at radius 1 is 1.09 bits per heavy atom. The maximum Gasteiger partial charge on any atom is 0.416 e. The van der Waals surface area contributed by atoms with E-state index in [4.69, 9.17) is 17.3 Å². The molecule has 3 unspecified atom stereocenters. The largest absolute Gasteiger partial charge is 0.416 e. The lowest BCUT2D eigenvalue weighted by Gasteiger charge is -2.32. The van der Waals surface area contributed by atoms with Crippen molar-refractivity contribution in [1.29, 1.82) is 0 Å². The summed E-state index contributed by atoms with van der Waals surface area (Å²) in [6, 6.07) is 7.42. The number of nitrogens with zero attached hydrogens (tertiary/aromatic N) is 1. The molecule has 1 amide bonds. The van der Waals surface area contributed by atoms with Crippen LogP contribution >= 0.6 is 11.6 Å². The zero-order valence-corrected chi connectivity index (χ0v) is 19.4. The zero-order valence-electron chi connectivity index (χ0n) is 18.6. The lowest BCUT2D eigenvalue weighted by Crippen LogP contribution is -2.58. The molecule has 0 fully saturated rings. The molecule has 5 N–H and O–H groups in total. The third kappa shape index (κ3) is 8.41. The van der Waals surface area contributed by atoms with Crippen molar-refractivity contribution in [1.82, 2.24) is 10.6 Å². The number of rotatable bonds is 7. The van der Waals surface area contributed by atoms with Gasteiger partial charge in [0.1, 0.15) is 6.04 Å². The van der Waals surface area contributed by atoms with E-state index in [1.165, 1.54) is 37.3 Å². The van der Waals surface area contributed by atoms with Crippen LogP contribution in [0.3, 0.4) is 0 Å². The van der Waals surface area contributed by atoms with Gasteiger partial charge < -0.3 is 16.4 Å². The van der Waals surface area contributed by atoms with Crippen molar-refractivity contribution >= 4 is 29.2 Å². The molecule has 6 nitrogen and oxygen atoms in total. The van der Waals surface area contributed by atoms with E-state index in [0.717, 1.165) is 18.2 Å². The quantitative estimate of drug-likeness (QED) is 0.177. The molecule has 0 aromatic heterocycles. The first kappa shape index (κ1) is 28.4. The number of hydrogen-bond acceptors (Lipinski definition) is 3. The van der Waals surface area contributed by atoms with E-state index in [9.17, 15) is 31.1 Å². The summed E-state index contributed by atoms with van der Waals surface area (Å²) in [7, 11) is 0. The van der Waals surface area contributed by atoms with E-state index >= 15 is 0 Å². The molecule has 0 aliphatic heterocycles. The zero-order chi connectivity index (χ0) is 26.4. The Labute approximate surface area is 202 Å². The molecule has 13 heteroatoms. The summed E-state index contributed by atoms with van der Waals surface area (Å²) in [5, 5.41) is 8.34. The van der Waals surface area contributed by atoms with Gasteiger partial charge in [-0.05, 0) is 49.0 Å². The van der Waals surface area contributed by atoms with Crippen LogP contribution in [0.2, 0.25) is 5.02 Å². The van der Waals surface area contributed by atoms with Crippen molar-refractivity contribution in [2.45, 2.75) is 38.4 Å². The minimum Gasteiger partial charge on any atom is -0.340 e. The van der Waals surface area contributed by atoms with Crippen LogP contribution in [-0.2, 0) is 6.18 Å². The molecule has 0 saturated carbocycles. The number of nitrogens with one attached hydrogen (secondary N) is 3. The first-order chi connectivity index (χ1) is 16.2. The summed E-state index contributed by atoms with van der Waals surface area (Å²) in [5.41, 5.74) is 4.39. The van der Waals surface area contributed by atoms with Crippen LogP contribution in [-0.4, -0.2) is 36.8 Å². The highest BCUT2D eigenvalue weighted by Crippen LogP contribution is 2.30. The lowest BCUT2D eigenvalue weighted by atomic mass is 9.98. The minimum absolute atomic E-state index is 0.0968. The van der Waals surface area contributed by atoms with Crippen molar-refractivity contribution in [3.8, 4) is 0 Å². The van der Waals surface area contributed by atoms with Crippen LogP contribution in [0.5, 0.6) is 0 Å². The topological polar surface area (TPSA) is 91.5 Å². The number of alkyl halides is 6. The number of guanidine groups is 1. The predicted octanol–water partition coefficient (Wildman–Crippen LogP) is 5.02. The Bertz CT molecular complexity index is 1030. The van der Waals surface area contributed by atoms with Crippen LogP contribution in [0.15, 0.2) is 53.5 Å². The number of nitrogens with two attached hydrogens (primary N) is 1. The number of carbonyl (C=O) groups is 1. The Morgan fingerprint density at radius 2 is 1.71 bits per heavy atom. The smallest absolute Gasteiger partial charge is 0.340 e. The molecule has 0 radical (unpaired) electrons. The number of amides is 1. The molecule has 0 spiro atoms. The van der Waals surface area contributed by atoms with E-state index in [1.54, 1.807) is 6.92 Å². The van der Waals surface area contributed by atoms with Crippen molar-refractivity contribution in [3.63, 3.8) is 0 Å². The molecule has 2 rings (SSSR count). The summed E-state index contributed by atoms with van der Waals surface area (Å²) in [5.74, 6) is -2.45. The van der Waals surface area contributed by atoms with Gasteiger partial charge in [0.15, 0.2) is 0 Å². The molecule has 3 atom stereocenters. The van der Waals surface area contributed by atoms with Gasteiger partial charge in [0.05, 0.1) is 11.7 Å². The average Bonchev–Trinajstić information content (AvgIpc) is 2.77. The molecule has 192 valence electrons. The standard InChI is InChI=1S/C22H24ClF6N5O/c1-3-31-18(12(2)17(30)22(27,28)29)33-20(34-19(35)13-7-9-15(23)10-8-13)32-16-6-4-5-14(11-16)21(24,25)26/h4-12,17-18,31H,3,30H2,1-2H3,(H2,32,33,34,35). The highest BCUT2D eigenvalue weighted by molar-refractivity contribution is 6.30. The normalized spacial score (nSPS) is 15.3. The number of hydrogen-bond donors (Lipinski definition) is 4. The average molecular weight is 524 g/mol. The third-order valence-corrected chi connectivity index (χ3v) is 5.20. The van der Waals surface area contributed by atoms with Gasteiger partial charge in [-0.3, -0.25) is 10.1 Å². The highest BCUT2D eigenvalue weighted by atomic mass is 35.5. The van der Waals surface area contributed by atoms with Crippen molar-refractivity contribution in [3.05, 3.63) is 64.7 Å². The molecule has 2 aromatic rings. The Hall–Kier alpha value is -2.83. The maximum absolute atomic E-state index is 13.2. The fraction of sp³-hybridized carbons (Fsp3) is 0.364. The molecule has 0 heterocycles. The summed E-state index contributed by atoms with van der Waals surface area (Å²) < 4.78 is 79.0. The fourth-order valence-electron chi connectivity index (χ4n) is 3.01. The first-order valence-corrected chi connectivity index (χ1v) is 10.7. The second-order valence-electron chi connectivity index (χ2n) is 7.58. The van der Waals surface area contributed by atoms with Gasteiger partial charge in [-0.15, -0.1) is 0 Å². The van der Waals surface area contributed by atoms with Gasteiger partial charge >= 0.3 is 12.4 Å². The monoisotopic (exact) mass is 523 g/mol. The van der Waals surface area contributed by atoms with Gasteiger partial charge in [-0.25, -0.2) is 0 Å². The van der Waals surface area contributed by atoms with E-state index in [0.29, 0.717) is 5.02 Å². The Kier molecular flexibility index (Phi) is 9.52. The lowest BCUT2D eigenvalue weighted by molar-refractivity contribution is -0.160. The van der Waals surface area contributed by atoms with Crippen LogP contribution in [0, 0.1) is 5.92 Å². The SMILES string of the molecule is CCNC(N/C(=N\C(=O)c1ccc(Cl)cc1)Nc1cccc(C(F)(F)F)c1)C(C)C(N)C(F)(F)F. The van der Waals surface area contributed by atoms with Crippen molar-refractivity contribution < 1.29 is 31.1 Å². The second-order valence-corrected chi connectivity index (χ2v) is 8.02. The maximum atomic E-state index is 13.2. The number of halogens is 7. The molecule has 0 aliphatic rings. The molecule has 35 heavy (non-hydrogen) atoms. The van der Waals surface area contributed by atoms with E-state index in [-0.39, 0.29) is 23.8 Å². The van der Waals surface area contributed by atoms with Crippen LogP contribution in [0.1, 0.15) is 29.8 Å². The summed E-state index contributed by atoms with van der Waals surface area (Å²) in [6.45, 7) is 3.09. The minimum atomic E-state index is -4.71. The number of aliphatic imine (C=N–C) groups is 1. The van der Waals surface area contributed by atoms with Crippen LogP contribution in [0.4, 0.5) is 32.0 Å². The van der Waals surface area contributed by atoms with E-state index in [2.05, 4.69) is 20.9 Å². The molecule has 0 saturated heterocycles. The van der Waals surface area contributed by atoms with Gasteiger partial charge in [0, 0.05) is 22.2 Å². The molecular weight excluding hydrogens is 500 g/mol. The summed E-state index contributed by atoms with van der Waals surface area (Å²) in [4.78, 5) is 16.5. The first-order valence-electron chi connectivity index (χ1n) is 10.4. The fourth-order valence-corrected chi connectivity index (χ4v) is 3.13. The van der Waals surface area contributed by atoms with E-state index < -0.39 is 41.9 Å². The van der Waals surface area contributed by atoms with E-state index in [1.807, 2.05) is 0 Å². The molecule has 0 aliphatic carbocycles. The number of carbonyl (C=O) groups excluding carboxylic acids is 1. The molecular formula is C22H24ClF6N5O. The van der Waals surface area contributed by atoms with Crippen molar-refractivity contribution in [2.75, 3.05) is 11.9 Å².